The molecular weight excluding hydrogens is 498 g/mol. The molecule has 2 unspecified atom stereocenters. The van der Waals surface area contributed by atoms with E-state index < -0.39 is 24.3 Å². The molecular formula is C27H41NO10. The van der Waals surface area contributed by atoms with Gasteiger partial charge >= 0.3 is 24.2 Å². The van der Waals surface area contributed by atoms with Crippen LogP contribution in [-0.2, 0) is 35.0 Å². The number of hydrogen-bond donors (Lipinski definition) is 1. The molecule has 0 spiro atoms. The first-order chi connectivity index (χ1) is 18.1. The normalized spacial score (nSPS) is 13.0. The lowest BCUT2D eigenvalue weighted by molar-refractivity contribution is -0.143. The van der Waals surface area contributed by atoms with Crippen molar-refractivity contribution in [2.45, 2.75) is 66.3 Å². The van der Waals surface area contributed by atoms with Crippen molar-refractivity contribution in [1.82, 2.24) is 5.32 Å². The molecule has 38 heavy (non-hydrogen) atoms. The Bertz CT molecular complexity index is 904. The zero-order chi connectivity index (χ0) is 28.5. The van der Waals surface area contributed by atoms with Crippen LogP contribution in [0.1, 0.15) is 59.4 Å². The van der Waals surface area contributed by atoms with Gasteiger partial charge in [-0.05, 0) is 36.0 Å². The molecule has 1 N–H and O–H groups in total. The van der Waals surface area contributed by atoms with Crippen LogP contribution >= 0.6 is 0 Å². The largest absolute Gasteiger partial charge is 0.513 e. The van der Waals surface area contributed by atoms with E-state index in [4.69, 9.17) is 28.4 Å². The Hall–Kier alpha value is -3.34. The van der Waals surface area contributed by atoms with E-state index in [1.165, 1.54) is 19.2 Å². The molecule has 11 heteroatoms. The summed E-state index contributed by atoms with van der Waals surface area (Å²) < 4.78 is 30.8. The van der Waals surface area contributed by atoms with E-state index in [0.717, 1.165) is 12.8 Å². The van der Waals surface area contributed by atoms with Crippen LogP contribution in [0.15, 0.2) is 18.2 Å². The summed E-state index contributed by atoms with van der Waals surface area (Å²) in [4.78, 5) is 48.2. The molecule has 0 amide bonds. The predicted molar refractivity (Wildman–Crippen MR) is 138 cm³/mol. The van der Waals surface area contributed by atoms with Crippen LogP contribution in [0, 0.1) is 11.8 Å². The van der Waals surface area contributed by atoms with Crippen LogP contribution in [0.3, 0.4) is 0 Å². The van der Waals surface area contributed by atoms with Crippen LogP contribution in [-0.4, -0.2) is 63.8 Å². The Kier molecular flexibility index (Phi) is 15.5. The molecule has 214 valence electrons. The van der Waals surface area contributed by atoms with E-state index in [-0.39, 0.29) is 68.5 Å². The fourth-order valence-corrected chi connectivity index (χ4v) is 2.86. The van der Waals surface area contributed by atoms with Crippen molar-refractivity contribution in [3.8, 4) is 11.5 Å². The van der Waals surface area contributed by atoms with Crippen molar-refractivity contribution >= 4 is 24.2 Å². The van der Waals surface area contributed by atoms with Gasteiger partial charge in [0.15, 0.2) is 11.5 Å². The van der Waals surface area contributed by atoms with Crippen molar-refractivity contribution in [3.05, 3.63) is 23.8 Å². The highest BCUT2D eigenvalue weighted by Gasteiger charge is 2.22. The second kappa shape index (κ2) is 18.0. The average molecular weight is 540 g/mol. The van der Waals surface area contributed by atoms with Crippen molar-refractivity contribution in [2.24, 2.45) is 11.8 Å². The van der Waals surface area contributed by atoms with Crippen LogP contribution in [0.5, 0.6) is 11.5 Å². The second-order valence-corrected chi connectivity index (χ2v) is 8.94. The number of rotatable bonds is 16. The Balaban J connectivity index is 3.03. The quantitative estimate of drug-likeness (QED) is 0.138. The minimum Gasteiger partial charge on any atom is -0.468 e. The number of methoxy groups -OCH3 is 1. The van der Waals surface area contributed by atoms with Crippen molar-refractivity contribution < 1.29 is 47.6 Å². The highest BCUT2D eigenvalue weighted by atomic mass is 16.7. The highest BCUT2D eigenvalue weighted by Crippen LogP contribution is 2.30. The van der Waals surface area contributed by atoms with E-state index >= 15 is 0 Å². The summed E-state index contributed by atoms with van der Waals surface area (Å²) in [5.41, 5.74) is 0.573. The number of hydrogen-bond acceptors (Lipinski definition) is 11. The maximum absolute atomic E-state index is 12.3. The van der Waals surface area contributed by atoms with Crippen molar-refractivity contribution in [3.63, 3.8) is 0 Å². The fraction of sp³-hybridized carbons (Fsp3) is 0.630. The first kappa shape index (κ1) is 32.7. The molecule has 0 saturated carbocycles. The molecule has 3 atom stereocenters. The predicted octanol–water partition coefficient (Wildman–Crippen LogP) is 4.44. The lowest BCUT2D eigenvalue weighted by atomic mass is 10.1. The van der Waals surface area contributed by atoms with Crippen LogP contribution in [0.2, 0.25) is 0 Å². The Morgan fingerprint density at radius 2 is 1.42 bits per heavy atom. The monoisotopic (exact) mass is 539 g/mol. The SMILES string of the molecule is CCC(=O)OCCN[C@@H](Cc1ccc(OC(=O)OCC(C)CC)c(OC(=O)OCC(C)CC)c1)C(=O)OC. The zero-order valence-corrected chi connectivity index (χ0v) is 23.2. The standard InChI is InChI=1S/C27H41NO10/c1-7-18(4)16-35-26(31)37-22-11-10-20(15-23(22)38-27(32)36-17-19(5)8-2)14-21(25(30)33-6)28-12-13-34-24(29)9-3/h10-11,15,18-19,21,28H,7-9,12-14,16-17H2,1-6H3/t18?,19?,21-/m0/s1. The van der Waals surface area contributed by atoms with Crippen LogP contribution in [0.4, 0.5) is 9.59 Å². The third-order valence-electron chi connectivity index (χ3n) is 5.73. The van der Waals surface area contributed by atoms with Crippen molar-refractivity contribution in [1.29, 1.82) is 0 Å². The smallest absolute Gasteiger partial charge is 0.468 e. The van der Waals surface area contributed by atoms with Gasteiger partial charge < -0.3 is 33.7 Å². The summed E-state index contributed by atoms with van der Waals surface area (Å²) in [7, 11) is 1.26. The van der Waals surface area contributed by atoms with Gasteiger partial charge in [0.2, 0.25) is 0 Å². The van der Waals surface area contributed by atoms with Crippen molar-refractivity contribution in [2.75, 3.05) is 33.5 Å². The Labute approximate surface area is 224 Å². The minimum absolute atomic E-state index is 0.0440. The molecule has 1 aromatic carbocycles. The Morgan fingerprint density at radius 3 is 1.95 bits per heavy atom. The maximum Gasteiger partial charge on any atom is 0.513 e. The van der Waals surface area contributed by atoms with Crippen LogP contribution in [0.25, 0.3) is 0 Å². The van der Waals surface area contributed by atoms with Gasteiger partial charge in [-0.2, -0.15) is 0 Å². The van der Waals surface area contributed by atoms with Gasteiger partial charge in [0.25, 0.3) is 0 Å². The van der Waals surface area contributed by atoms with E-state index in [0.29, 0.717) is 5.56 Å². The molecule has 0 aliphatic heterocycles. The first-order valence-corrected chi connectivity index (χ1v) is 12.9. The van der Waals surface area contributed by atoms with E-state index in [1.54, 1.807) is 13.0 Å². The number of benzene rings is 1. The number of ether oxygens (including phenoxy) is 6. The summed E-state index contributed by atoms with van der Waals surface area (Å²) >= 11 is 0. The number of nitrogens with one attached hydrogen (secondary N) is 1. The first-order valence-electron chi connectivity index (χ1n) is 12.9. The minimum atomic E-state index is -0.958. The summed E-state index contributed by atoms with van der Waals surface area (Å²) in [6.07, 6.45) is 0.147. The number of carbonyl (C=O) groups excluding carboxylic acids is 4. The topological polar surface area (TPSA) is 136 Å². The molecule has 1 rings (SSSR count). The average Bonchev–Trinajstić information content (AvgIpc) is 2.92. The highest BCUT2D eigenvalue weighted by molar-refractivity contribution is 5.76. The summed E-state index contributed by atoms with van der Waals surface area (Å²) in [6.45, 7) is 10.2. The van der Waals surface area contributed by atoms with Gasteiger partial charge in [-0.25, -0.2) is 9.59 Å². The zero-order valence-electron chi connectivity index (χ0n) is 23.2. The van der Waals surface area contributed by atoms with Gasteiger partial charge in [-0.1, -0.05) is 53.5 Å². The maximum atomic E-state index is 12.3. The molecule has 0 heterocycles. The van der Waals surface area contributed by atoms with Gasteiger partial charge in [-0.3, -0.25) is 9.59 Å². The molecule has 0 aromatic heterocycles. The molecule has 0 bridgehead atoms. The summed E-state index contributed by atoms with van der Waals surface area (Å²) in [5.74, 6) is -0.693. The molecule has 0 fully saturated rings. The molecule has 0 aliphatic carbocycles. The molecule has 11 nitrogen and oxygen atoms in total. The van der Waals surface area contributed by atoms with Crippen LogP contribution < -0.4 is 14.8 Å². The fourth-order valence-electron chi connectivity index (χ4n) is 2.86. The molecule has 0 radical (unpaired) electrons. The van der Waals surface area contributed by atoms with Gasteiger partial charge in [0.05, 0.1) is 20.3 Å². The third kappa shape index (κ3) is 12.8. The third-order valence-corrected chi connectivity index (χ3v) is 5.73. The Morgan fingerprint density at radius 1 is 0.842 bits per heavy atom. The number of carbonyl (C=O) groups is 4. The summed E-state index contributed by atoms with van der Waals surface area (Å²) in [6, 6.07) is 3.74. The lowest BCUT2D eigenvalue weighted by Gasteiger charge is -2.18. The van der Waals surface area contributed by atoms with E-state index in [1.807, 2.05) is 27.7 Å². The molecule has 0 saturated heterocycles. The van der Waals surface area contributed by atoms with E-state index in [2.05, 4.69) is 5.32 Å². The summed E-state index contributed by atoms with van der Waals surface area (Å²) in [5, 5.41) is 2.99. The van der Waals surface area contributed by atoms with Gasteiger partial charge in [0, 0.05) is 13.0 Å². The van der Waals surface area contributed by atoms with E-state index in [9.17, 15) is 19.2 Å². The van der Waals surface area contributed by atoms with Gasteiger partial charge in [0.1, 0.15) is 12.6 Å². The lowest BCUT2D eigenvalue weighted by Crippen LogP contribution is -2.41. The molecule has 0 aliphatic rings. The number of esters is 2. The van der Waals surface area contributed by atoms with Gasteiger partial charge in [-0.15, -0.1) is 0 Å². The second-order valence-electron chi connectivity index (χ2n) is 8.94. The molecule has 1 aromatic rings.